The molecule has 2 aromatic heterocycles. The fourth-order valence-electron chi connectivity index (χ4n) is 3.44. The molecule has 3 rings (SSSR count). The van der Waals surface area contributed by atoms with Crippen LogP contribution in [0.1, 0.15) is 50.8 Å². The molecule has 0 aromatic carbocycles. The third-order valence-electron chi connectivity index (χ3n) is 4.40. The van der Waals surface area contributed by atoms with Crippen molar-refractivity contribution in [3.63, 3.8) is 0 Å². The average Bonchev–Trinajstić information content (AvgIpc) is 2.86. The van der Waals surface area contributed by atoms with E-state index in [9.17, 15) is 9.90 Å². The Morgan fingerprint density at radius 1 is 1.43 bits per heavy atom. The van der Waals surface area contributed by atoms with E-state index >= 15 is 0 Å². The van der Waals surface area contributed by atoms with Crippen LogP contribution in [0.25, 0.3) is 11.2 Å². The highest BCUT2D eigenvalue weighted by atomic mass is 16.4. The lowest BCUT2D eigenvalue weighted by Crippen LogP contribution is -2.27. The van der Waals surface area contributed by atoms with Crippen molar-refractivity contribution in [3.05, 3.63) is 24.2 Å². The first-order valence-electron chi connectivity index (χ1n) is 7.76. The van der Waals surface area contributed by atoms with Crippen LogP contribution in [0.15, 0.2) is 18.3 Å². The van der Waals surface area contributed by atoms with Gasteiger partial charge in [0.05, 0.1) is 5.92 Å². The Labute approximate surface area is 124 Å². The van der Waals surface area contributed by atoms with Crippen LogP contribution < -0.4 is 0 Å². The van der Waals surface area contributed by atoms with E-state index in [1.807, 2.05) is 12.1 Å². The predicted octanol–water partition coefficient (Wildman–Crippen LogP) is 3.20. The van der Waals surface area contributed by atoms with Gasteiger partial charge in [-0.2, -0.15) is 0 Å². The number of aryl methyl sites for hydroxylation is 1. The van der Waals surface area contributed by atoms with Gasteiger partial charge >= 0.3 is 5.97 Å². The molecule has 2 unspecified atom stereocenters. The Morgan fingerprint density at radius 2 is 2.24 bits per heavy atom. The van der Waals surface area contributed by atoms with Crippen molar-refractivity contribution < 1.29 is 9.90 Å². The van der Waals surface area contributed by atoms with Crippen LogP contribution in [0.5, 0.6) is 0 Å². The minimum absolute atomic E-state index is 0.0111. The number of rotatable bonds is 4. The minimum atomic E-state index is -0.692. The Hall–Kier alpha value is -1.91. The number of hydrogen-bond acceptors (Lipinski definition) is 3. The second-order valence-electron chi connectivity index (χ2n) is 5.80. The van der Waals surface area contributed by atoms with Gasteiger partial charge in [-0.25, -0.2) is 9.97 Å². The molecule has 1 saturated carbocycles. The van der Waals surface area contributed by atoms with E-state index in [2.05, 4.69) is 16.5 Å². The SMILES string of the molecule is CCCn1c(C2CCCCC2C(=O)O)nc2cccnc21. The summed E-state index contributed by atoms with van der Waals surface area (Å²) in [4.78, 5) is 20.7. The zero-order valence-electron chi connectivity index (χ0n) is 12.3. The fraction of sp³-hybridized carbons (Fsp3) is 0.562. The molecule has 1 aliphatic carbocycles. The standard InChI is InChI=1S/C16H21N3O2/c1-2-10-19-14(18-13-8-5-9-17-15(13)19)11-6-3-4-7-12(11)16(20)21/h5,8-9,11-12H,2-4,6-7,10H2,1H3,(H,20,21). The van der Waals surface area contributed by atoms with E-state index < -0.39 is 5.97 Å². The van der Waals surface area contributed by atoms with Crippen molar-refractivity contribution in [2.24, 2.45) is 5.92 Å². The molecule has 112 valence electrons. The van der Waals surface area contributed by atoms with Crippen molar-refractivity contribution in [2.45, 2.75) is 51.5 Å². The molecule has 1 aliphatic rings. The van der Waals surface area contributed by atoms with Gasteiger partial charge in [-0.1, -0.05) is 19.8 Å². The van der Waals surface area contributed by atoms with Crippen LogP contribution in [0, 0.1) is 5.92 Å². The number of hydrogen-bond donors (Lipinski definition) is 1. The zero-order valence-corrected chi connectivity index (χ0v) is 12.3. The third-order valence-corrected chi connectivity index (χ3v) is 4.40. The van der Waals surface area contributed by atoms with Crippen molar-refractivity contribution >= 4 is 17.1 Å². The van der Waals surface area contributed by atoms with Gasteiger partial charge in [-0.3, -0.25) is 4.79 Å². The summed E-state index contributed by atoms with van der Waals surface area (Å²) >= 11 is 0. The summed E-state index contributed by atoms with van der Waals surface area (Å²) in [7, 11) is 0. The van der Waals surface area contributed by atoms with Crippen LogP contribution in [0.2, 0.25) is 0 Å². The van der Waals surface area contributed by atoms with E-state index in [1.54, 1.807) is 6.20 Å². The lowest BCUT2D eigenvalue weighted by Gasteiger charge is -2.28. The topological polar surface area (TPSA) is 68.0 Å². The highest BCUT2D eigenvalue weighted by Gasteiger charge is 2.35. The summed E-state index contributed by atoms with van der Waals surface area (Å²) in [6.45, 7) is 2.96. The normalized spacial score (nSPS) is 22.5. The van der Waals surface area contributed by atoms with Gasteiger partial charge in [0.15, 0.2) is 5.65 Å². The molecule has 0 saturated heterocycles. The summed E-state index contributed by atoms with van der Waals surface area (Å²) < 4.78 is 2.13. The van der Waals surface area contributed by atoms with Gasteiger partial charge in [0.25, 0.3) is 0 Å². The number of aliphatic carboxylic acids is 1. The van der Waals surface area contributed by atoms with E-state index in [-0.39, 0.29) is 11.8 Å². The molecule has 21 heavy (non-hydrogen) atoms. The van der Waals surface area contributed by atoms with Crippen LogP contribution in [0.3, 0.4) is 0 Å². The molecule has 5 nitrogen and oxygen atoms in total. The number of carbonyl (C=O) groups is 1. The summed E-state index contributed by atoms with van der Waals surface area (Å²) in [5.74, 6) is -0.0800. The van der Waals surface area contributed by atoms with Crippen LogP contribution in [0.4, 0.5) is 0 Å². The zero-order chi connectivity index (χ0) is 14.8. The quantitative estimate of drug-likeness (QED) is 0.937. The lowest BCUT2D eigenvalue weighted by atomic mass is 9.78. The second kappa shape index (κ2) is 5.84. The van der Waals surface area contributed by atoms with Crippen LogP contribution in [-0.2, 0) is 11.3 Å². The molecule has 0 bridgehead atoms. The van der Waals surface area contributed by atoms with Gasteiger partial charge in [-0.15, -0.1) is 0 Å². The molecule has 1 fully saturated rings. The van der Waals surface area contributed by atoms with Gasteiger partial charge in [0.1, 0.15) is 11.3 Å². The Bertz CT molecular complexity index is 650. The molecule has 0 spiro atoms. The van der Waals surface area contributed by atoms with Crippen molar-refractivity contribution in [2.75, 3.05) is 0 Å². The molecule has 5 heteroatoms. The van der Waals surface area contributed by atoms with E-state index in [0.717, 1.165) is 55.6 Å². The second-order valence-corrected chi connectivity index (χ2v) is 5.80. The number of fused-ring (bicyclic) bond motifs is 1. The van der Waals surface area contributed by atoms with Crippen molar-refractivity contribution in [1.82, 2.24) is 14.5 Å². The number of pyridine rings is 1. The number of carboxylic acids is 1. The molecule has 2 atom stereocenters. The maximum atomic E-state index is 11.6. The first-order chi connectivity index (χ1) is 10.2. The third kappa shape index (κ3) is 2.52. The number of nitrogens with zero attached hydrogens (tertiary/aromatic N) is 3. The monoisotopic (exact) mass is 287 g/mol. The smallest absolute Gasteiger partial charge is 0.307 e. The average molecular weight is 287 g/mol. The summed E-state index contributed by atoms with van der Waals surface area (Å²) in [5, 5.41) is 9.51. The maximum absolute atomic E-state index is 11.6. The maximum Gasteiger partial charge on any atom is 0.307 e. The molecule has 0 amide bonds. The Kier molecular flexibility index (Phi) is 3.90. The van der Waals surface area contributed by atoms with Gasteiger partial charge < -0.3 is 9.67 Å². The molecular weight excluding hydrogens is 266 g/mol. The van der Waals surface area contributed by atoms with Crippen LogP contribution >= 0.6 is 0 Å². The first kappa shape index (κ1) is 14.0. The Morgan fingerprint density at radius 3 is 3.00 bits per heavy atom. The largest absolute Gasteiger partial charge is 0.481 e. The molecule has 2 aromatic rings. The van der Waals surface area contributed by atoms with E-state index in [4.69, 9.17) is 4.98 Å². The summed E-state index contributed by atoms with van der Waals surface area (Å²) in [6.07, 6.45) is 6.50. The minimum Gasteiger partial charge on any atom is -0.481 e. The number of carboxylic acid groups (broad SMARTS) is 1. The van der Waals surface area contributed by atoms with Gasteiger partial charge in [0.2, 0.25) is 0 Å². The number of aromatic nitrogens is 3. The van der Waals surface area contributed by atoms with Crippen LogP contribution in [-0.4, -0.2) is 25.6 Å². The summed E-state index contributed by atoms with van der Waals surface area (Å²) in [6, 6.07) is 3.83. The van der Waals surface area contributed by atoms with Crippen molar-refractivity contribution in [3.8, 4) is 0 Å². The predicted molar refractivity (Wildman–Crippen MR) is 80.2 cm³/mol. The fourth-order valence-corrected chi connectivity index (χ4v) is 3.44. The molecule has 0 aliphatic heterocycles. The van der Waals surface area contributed by atoms with E-state index in [1.165, 1.54) is 0 Å². The summed E-state index contributed by atoms with van der Waals surface area (Å²) in [5.41, 5.74) is 1.75. The van der Waals surface area contributed by atoms with Gasteiger partial charge in [-0.05, 0) is 31.4 Å². The van der Waals surface area contributed by atoms with E-state index in [0.29, 0.717) is 0 Å². The molecule has 1 N–H and O–H groups in total. The Balaban J connectivity index is 2.09. The molecular formula is C16H21N3O2. The van der Waals surface area contributed by atoms with Gasteiger partial charge in [0, 0.05) is 18.7 Å². The molecule has 2 heterocycles. The number of imidazole rings is 1. The lowest BCUT2D eigenvalue weighted by molar-refractivity contribution is -0.143. The first-order valence-corrected chi connectivity index (χ1v) is 7.76. The molecule has 0 radical (unpaired) electrons. The highest BCUT2D eigenvalue weighted by Crippen LogP contribution is 2.38. The van der Waals surface area contributed by atoms with Crippen molar-refractivity contribution in [1.29, 1.82) is 0 Å². The highest BCUT2D eigenvalue weighted by molar-refractivity contribution is 5.73.